The van der Waals surface area contributed by atoms with Gasteiger partial charge in [-0.3, -0.25) is 9.40 Å². The first-order chi connectivity index (χ1) is 16.7. The number of anilines is 1. The van der Waals surface area contributed by atoms with E-state index < -0.39 is 20.0 Å². The van der Waals surface area contributed by atoms with Crippen LogP contribution >= 0.6 is 0 Å². The highest BCUT2D eigenvalue weighted by atomic mass is 32.2. The first kappa shape index (κ1) is 24.4. The number of benzene rings is 2. The Morgan fingerprint density at radius 2 is 1.89 bits per heavy atom. The highest BCUT2D eigenvalue weighted by molar-refractivity contribution is 7.92. The number of sulfonamides is 2. The molecule has 0 spiro atoms. The Labute approximate surface area is 202 Å². The summed E-state index contributed by atoms with van der Waals surface area (Å²) in [5.41, 5.74) is 2.25. The van der Waals surface area contributed by atoms with Crippen molar-refractivity contribution in [1.82, 2.24) is 19.7 Å². The molecule has 0 saturated heterocycles. The smallest absolute Gasteiger partial charge is 0.238 e. The number of rotatable bonds is 11. The standard InChI is InChI=1S/C22H23N5O6S2/c1-3-34(28,29)23-13-18-9-10-27(24-18)14-17-11-19(32-2)21-20(12-17)33-25-22(21)26-35(30,31)15-16-7-5-4-6-8-16/h3-12,23H,1,13-15H2,2H3,(H,25,26). The lowest BCUT2D eigenvalue weighted by Crippen LogP contribution is -2.20. The van der Waals surface area contributed by atoms with Crippen molar-refractivity contribution in [2.75, 3.05) is 11.8 Å². The van der Waals surface area contributed by atoms with E-state index in [-0.39, 0.29) is 18.1 Å². The van der Waals surface area contributed by atoms with Crippen LogP contribution in [-0.2, 0) is 38.9 Å². The maximum absolute atomic E-state index is 12.7. The summed E-state index contributed by atoms with van der Waals surface area (Å²) in [6.07, 6.45) is 1.71. The molecule has 0 amide bonds. The minimum atomic E-state index is -3.75. The molecule has 2 aromatic heterocycles. The third-order valence-corrected chi connectivity index (χ3v) is 7.19. The normalized spacial score (nSPS) is 12.0. The molecule has 0 bridgehead atoms. The van der Waals surface area contributed by atoms with Gasteiger partial charge >= 0.3 is 0 Å². The molecule has 2 aromatic carbocycles. The van der Waals surface area contributed by atoms with Crippen LogP contribution in [0.25, 0.3) is 11.0 Å². The SMILES string of the molecule is C=CS(=O)(=O)NCc1ccn(Cc2cc(OC)c3c(NS(=O)(=O)Cc4ccccc4)noc3c2)n1. The van der Waals surface area contributed by atoms with Gasteiger partial charge in [0.1, 0.15) is 11.1 Å². The number of aromatic nitrogens is 3. The van der Waals surface area contributed by atoms with Gasteiger partial charge in [-0.1, -0.05) is 42.1 Å². The molecule has 4 aromatic rings. The number of nitrogens with one attached hydrogen (secondary N) is 2. The van der Waals surface area contributed by atoms with Crippen LogP contribution in [0.5, 0.6) is 5.75 Å². The summed E-state index contributed by atoms with van der Waals surface area (Å²) in [5, 5.41) is 9.47. The Morgan fingerprint density at radius 3 is 2.60 bits per heavy atom. The van der Waals surface area contributed by atoms with Gasteiger partial charge in [0.2, 0.25) is 20.0 Å². The van der Waals surface area contributed by atoms with E-state index in [2.05, 4.69) is 26.3 Å². The zero-order chi connectivity index (χ0) is 25.1. The topological polar surface area (TPSA) is 145 Å². The van der Waals surface area contributed by atoms with Crippen LogP contribution in [0.4, 0.5) is 5.82 Å². The average Bonchev–Trinajstić information content (AvgIpc) is 3.44. The largest absolute Gasteiger partial charge is 0.496 e. The van der Waals surface area contributed by atoms with Gasteiger partial charge in [-0.25, -0.2) is 21.6 Å². The van der Waals surface area contributed by atoms with Gasteiger partial charge in [0.05, 0.1) is 31.6 Å². The number of hydrogen-bond acceptors (Lipinski definition) is 8. The second-order valence-electron chi connectivity index (χ2n) is 7.59. The lowest BCUT2D eigenvalue weighted by atomic mass is 10.1. The third kappa shape index (κ3) is 6.07. The van der Waals surface area contributed by atoms with Gasteiger partial charge in [-0.15, -0.1) is 0 Å². The predicted molar refractivity (Wildman–Crippen MR) is 131 cm³/mol. The summed E-state index contributed by atoms with van der Waals surface area (Å²) in [6.45, 7) is 3.60. The maximum atomic E-state index is 12.7. The molecule has 0 radical (unpaired) electrons. The van der Waals surface area contributed by atoms with Crippen molar-refractivity contribution in [3.8, 4) is 5.75 Å². The van der Waals surface area contributed by atoms with Crippen LogP contribution in [0, 0.1) is 0 Å². The van der Waals surface area contributed by atoms with E-state index in [0.717, 1.165) is 11.0 Å². The van der Waals surface area contributed by atoms with E-state index in [1.54, 1.807) is 53.3 Å². The van der Waals surface area contributed by atoms with Crippen LogP contribution in [0.2, 0.25) is 0 Å². The van der Waals surface area contributed by atoms with E-state index in [9.17, 15) is 16.8 Å². The Morgan fingerprint density at radius 1 is 1.11 bits per heavy atom. The fraction of sp³-hybridized carbons (Fsp3) is 0.182. The molecule has 0 aliphatic rings. The molecule has 4 rings (SSSR count). The molecule has 184 valence electrons. The Kier molecular flexibility index (Phi) is 6.91. The molecule has 2 heterocycles. The van der Waals surface area contributed by atoms with Crippen LogP contribution in [0.3, 0.4) is 0 Å². The Bertz CT molecular complexity index is 1560. The van der Waals surface area contributed by atoms with Gasteiger partial charge in [0, 0.05) is 11.6 Å². The average molecular weight is 518 g/mol. The van der Waals surface area contributed by atoms with Crippen molar-refractivity contribution in [3.63, 3.8) is 0 Å². The number of fused-ring (bicyclic) bond motifs is 1. The zero-order valence-electron chi connectivity index (χ0n) is 18.7. The number of ether oxygens (including phenoxy) is 1. The van der Waals surface area contributed by atoms with Crippen molar-refractivity contribution in [3.05, 3.63) is 83.5 Å². The lowest BCUT2D eigenvalue weighted by Gasteiger charge is -2.09. The first-order valence-electron chi connectivity index (χ1n) is 10.3. The lowest BCUT2D eigenvalue weighted by molar-refractivity contribution is 0.418. The number of hydrogen-bond donors (Lipinski definition) is 2. The molecular weight excluding hydrogens is 494 g/mol. The summed E-state index contributed by atoms with van der Waals surface area (Å²) in [4.78, 5) is 0. The fourth-order valence-corrected chi connectivity index (χ4v) is 5.00. The van der Waals surface area contributed by atoms with Crippen molar-refractivity contribution in [1.29, 1.82) is 0 Å². The van der Waals surface area contributed by atoms with Gasteiger partial charge in [-0.2, -0.15) is 5.10 Å². The van der Waals surface area contributed by atoms with Gasteiger partial charge in [0.25, 0.3) is 0 Å². The molecule has 0 saturated carbocycles. The van der Waals surface area contributed by atoms with E-state index in [4.69, 9.17) is 9.26 Å². The third-order valence-electron chi connectivity index (χ3n) is 4.98. The highest BCUT2D eigenvalue weighted by Crippen LogP contribution is 2.34. The Hall–Kier alpha value is -3.68. The van der Waals surface area contributed by atoms with Gasteiger partial charge in [0.15, 0.2) is 11.4 Å². The molecule has 35 heavy (non-hydrogen) atoms. The van der Waals surface area contributed by atoms with Crippen LogP contribution in [-0.4, -0.2) is 38.9 Å². The van der Waals surface area contributed by atoms with E-state index in [1.807, 2.05) is 6.07 Å². The highest BCUT2D eigenvalue weighted by Gasteiger charge is 2.21. The molecule has 0 unspecified atom stereocenters. The maximum Gasteiger partial charge on any atom is 0.238 e. The minimum absolute atomic E-state index is 0.0261. The second-order valence-corrected chi connectivity index (χ2v) is 11.0. The van der Waals surface area contributed by atoms with E-state index >= 15 is 0 Å². The minimum Gasteiger partial charge on any atom is -0.496 e. The van der Waals surface area contributed by atoms with Crippen molar-refractivity contribution in [2.45, 2.75) is 18.8 Å². The van der Waals surface area contributed by atoms with Crippen molar-refractivity contribution < 1.29 is 26.1 Å². The van der Waals surface area contributed by atoms with E-state index in [1.165, 1.54) is 7.11 Å². The quantitative estimate of drug-likeness (QED) is 0.309. The molecule has 0 aliphatic heterocycles. The monoisotopic (exact) mass is 517 g/mol. The first-order valence-corrected chi connectivity index (χ1v) is 13.5. The fourth-order valence-electron chi connectivity index (χ4n) is 3.40. The molecule has 0 fully saturated rings. The molecule has 0 atom stereocenters. The summed E-state index contributed by atoms with van der Waals surface area (Å²) >= 11 is 0. The van der Waals surface area contributed by atoms with Crippen LogP contribution < -0.4 is 14.2 Å². The van der Waals surface area contributed by atoms with Crippen LogP contribution in [0.1, 0.15) is 16.8 Å². The summed E-state index contributed by atoms with van der Waals surface area (Å²) in [5.74, 6) is 0.199. The van der Waals surface area contributed by atoms with Crippen molar-refractivity contribution >= 4 is 36.8 Å². The molecule has 0 aliphatic carbocycles. The molecule has 2 N–H and O–H groups in total. The van der Waals surface area contributed by atoms with E-state index in [0.29, 0.717) is 34.5 Å². The van der Waals surface area contributed by atoms with Crippen LogP contribution in [0.15, 0.2) is 71.2 Å². The summed E-state index contributed by atoms with van der Waals surface area (Å²) in [6, 6.07) is 13.9. The number of nitrogens with zero attached hydrogens (tertiary/aromatic N) is 3. The summed E-state index contributed by atoms with van der Waals surface area (Å²) in [7, 11) is -5.83. The van der Waals surface area contributed by atoms with Gasteiger partial charge in [-0.05, 0) is 29.3 Å². The van der Waals surface area contributed by atoms with Gasteiger partial charge < -0.3 is 9.26 Å². The summed E-state index contributed by atoms with van der Waals surface area (Å²) < 4.78 is 65.7. The second kappa shape index (κ2) is 9.90. The zero-order valence-corrected chi connectivity index (χ0v) is 20.3. The predicted octanol–water partition coefficient (Wildman–Crippen LogP) is 2.59. The molecular formula is C22H23N5O6S2. The van der Waals surface area contributed by atoms with Crippen molar-refractivity contribution in [2.24, 2.45) is 0 Å². The number of methoxy groups -OCH3 is 1. The molecule has 13 heteroatoms. The Balaban J connectivity index is 1.53. The molecule has 11 nitrogen and oxygen atoms in total.